The fourth-order valence-electron chi connectivity index (χ4n) is 3.63. The molecule has 2 aromatic rings. The van der Waals surface area contributed by atoms with Crippen LogP contribution < -0.4 is 15.1 Å². The van der Waals surface area contributed by atoms with Gasteiger partial charge < -0.3 is 15.1 Å². The summed E-state index contributed by atoms with van der Waals surface area (Å²) < 4.78 is 0. The maximum absolute atomic E-state index is 12.5. The van der Waals surface area contributed by atoms with Crippen LogP contribution in [0, 0.1) is 13.8 Å². The molecule has 26 heavy (non-hydrogen) atoms. The van der Waals surface area contributed by atoms with Gasteiger partial charge in [0, 0.05) is 36.7 Å². The molecule has 4 nitrogen and oxygen atoms in total. The van der Waals surface area contributed by atoms with Crippen LogP contribution in [-0.4, -0.2) is 32.1 Å². The molecule has 0 atom stereocenters. The normalized spacial score (nSPS) is 13.7. The Balaban J connectivity index is 1.61. The zero-order chi connectivity index (χ0) is 18.5. The number of anilines is 3. The van der Waals surface area contributed by atoms with Crippen molar-refractivity contribution < 1.29 is 4.79 Å². The standard InChI is InChI=1S/C22H29N3O/c1-4-24(21-12-7-17(2)15-18(21)3)16-22(26)23-19-8-10-20(11-9-19)25-13-5-6-14-25/h7-12,15H,4-6,13-14,16H2,1-3H3,(H,23,26). The molecule has 0 radical (unpaired) electrons. The molecule has 1 aliphatic rings. The van der Waals surface area contributed by atoms with E-state index in [9.17, 15) is 4.79 Å². The lowest BCUT2D eigenvalue weighted by molar-refractivity contribution is -0.115. The van der Waals surface area contributed by atoms with E-state index in [0.717, 1.165) is 31.0 Å². The van der Waals surface area contributed by atoms with Gasteiger partial charge in [-0.15, -0.1) is 0 Å². The number of likely N-dealkylation sites (N-methyl/N-ethyl adjacent to an activating group) is 1. The molecule has 0 saturated carbocycles. The summed E-state index contributed by atoms with van der Waals surface area (Å²) in [5.41, 5.74) is 5.66. The van der Waals surface area contributed by atoms with Crippen LogP contribution in [0.25, 0.3) is 0 Å². The molecule has 3 rings (SSSR count). The minimum absolute atomic E-state index is 0.0146. The first-order valence-electron chi connectivity index (χ1n) is 9.54. The minimum Gasteiger partial charge on any atom is -0.372 e. The van der Waals surface area contributed by atoms with Crippen molar-refractivity contribution in [2.75, 3.05) is 41.3 Å². The van der Waals surface area contributed by atoms with Gasteiger partial charge in [-0.05, 0) is 69.5 Å². The smallest absolute Gasteiger partial charge is 0.243 e. The highest BCUT2D eigenvalue weighted by atomic mass is 16.2. The van der Waals surface area contributed by atoms with E-state index in [1.807, 2.05) is 12.1 Å². The van der Waals surface area contributed by atoms with Crippen LogP contribution in [-0.2, 0) is 4.79 Å². The van der Waals surface area contributed by atoms with Crippen LogP contribution in [0.1, 0.15) is 30.9 Å². The van der Waals surface area contributed by atoms with E-state index in [1.165, 1.54) is 29.7 Å². The maximum Gasteiger partial charge on any atom is 0.243 e. The van der Waals surface area contributed by atoms with Crippen molar-refractivity contribution in [1.82, 2.24) is 0 Å². The Labute approximate surface area is 156 Å². The lowest BCUT2D eigenvalue weighted by Crippen LogP contribution is -2.33. The van der Waals surface area contributed by atoms with Crippen molar-refractivity contribution >= 4 is 23.0 Å². The Kier molecular flexibility index (Phi) is 5.82. The molecule has 0 bridgehead atoms. The highest BCUT2D eigenvalue weighted by Gasteiger charge is 2.14. The summed E-state index contributed by atoms with van der Waals surface area (Å²) in [6, 6.07) is 14.6. The zero-order valence-electron chi connectivity index (χ0n) is 16.1. The molecule has 0 aliphatic carbocycles. The largest absolute Gasteiger partial charge is 0.372 e. The Morgan fingerprint density at radius 3 is 2.38 bits per heavy atom. The molecule has 1 saturated heterocycles. The molecule has 0 aromatic heterocycles. The van der Waals surface area contributed by atoms with Crippen LogP contribution in [0.5, 0.6) is 0 Å². The summed E-state index contributed by atoms with van der Waals surface area (Å²) in [7, 11) is 0. The van der Waals surface area contributed by atoms with Gasteiger partial charge in [0.25, 0.3) is 0 Å². The summed E-state index contributed by atoms with van der Waals surface area (Å²) in [4.78, 5) is 17.0. The van der Waals surface area contributed by atoms with Gasteiger partial charge in [-0.3, -0.25) is 4.79 Å². The van der Waals surface area contributed by atoms with E-state index in [0.29, 0.717) is 6.54 Å². The van der Waals surface area contributed by atoms with Crippen molar-refractivity contribution in [3.63, 3.8) is 0 Å². The fraction of sp³-hybridized carbons (Fsp3) is 0.409. The van der Waals surface area contributed by atoms with Gasteiger partial charge in [-0.2, -0.15) is 0 Å². The summed E-state index contributed by atoms with van der Waals surface area (Å²) >= 11 is 0. The van der Waals surface area contributed by atoms with Crippen LogP contribution in [0.3, 0.4) is 0 Å². The van der Waals surface area contributed by atoms with E-state index < -0.39 is 0 Å². The molecular weight excluding hydrogens is 322 g/mol. The van der Waals surface area contributed by atoms with Gasteiger partial charge in [0.05, 0.1) is 6.54 Å². The lowest BCUT2D eigenvalue weighted by Gasteiger charge is -2.24. The average Bonchev–Trinajstić information content (AvgIpc) is 3.15. The number of hydrogen-bond acceptors (Lipinski definition) is 3. The van der Waals surface area contributed by atoms with Gasteiger partial charge in [0.15, 0.2) is 0 Å². The number of nitrogens with one attached hydrogen (secondary N) is 1. The zero-order valence-corrected chi connectivity index (χ0v) is 16.1. The third-order valence-electron chi connectivity index (χ3n) is 5.03. The first kappa shape index (κ1) is 18.3. The molecular formula is C22H29N3O. The van der Waals surface area contributed by atoms with Crippen LogP contribution in [0.4, 0.5) is 17.1 Å². The van der Waals surface area contributed by atoms with E-state index in [2.05, 4.69) is 66.2 Å². The number of hydrogen-bond donors (Lipinski definition) is 1. The third kappa shape index (κ3) is 4.37. The van der Waals surface area contributed by atoms with Crippen molar-refractivity contribution in [3.8, 4) is 0 Å². The van der Waals surface area contributed by atoms with E-state index in [-0.39, 0.29) is 5.91 Å². The molecule has 1 amide bonds. The molecule has 4 heteroatoms. The lowest BCUT2D eigenvalue weighted by atomic mass is 10.1. The van der Waals surface area contributed by atoms with E-state index in [1.54, 1.807) is 0 Å². The highest BCUT2D eigenvalue weighted by Crippen LogP contribution is 2.23. The fourth-order valence-corrected chi connectivity index (χ4v) is 3.63. The molecule has 1 heterocycles. The number of amides is 1. The van der Waals surface area contributed by atoms with Gasteiger partial charge in [-0.25, -0.2) is 0 Å². The second kappa shape index (κ2) is 8.26. The maximum atomic E-state index is 12.5. The number of benzene rings is 2. The number of nitrogens with zero attached hydrogens (tertiary/aromatic N) is 2. The summed E-state index contributed by atoms with van der Waals surface area (Å²) in [6.45, 7) is 9.68. The highest BCUT2D eigenvalue weighted by molar-refractivity contribution is 5.94. The molecule has 1 fully saturated rings. The topological polar surface area (TPSA) is 35.6 Å². The quantitative estimate of drug-likeness (QED) is 0.839. The van der Waals surface area contributed by atoms with Crippen molar-refractivity contribution in [2.24, 2.45) is 0 Å². The SMILES string of the molecule is CCN(CC(=O)Nc1ccc(N2CCCC2)cc1)c1ccc(C)cc1C. The molecule has 138 valence electrons. The molecule has 1 aliphatic heterocycles. The second-order valence-electron chi connectivity index (χ2n) is 7.09. The predicted octanol–water partition coefficient (Wildman–Crippen LogP) is 4.37. The number of aryl methyl sites for hydroxylation is 2. The van der Waals surface area contributed by atoms with E-state index in [4.69, 9.17) is 0 Å². The molecule has 0 spiro atoms. The van der Waals surface area contributed by atoms with Crippen molar-refractivity contribution in [1.29, 1.82) is 0 Å². The summed E-state index contributed by atoms with van der Waals surface area (Å²) in [5.74, 6) is 0.0146. The summed E-state index contributed by atoms with van der Waals surface area (Å²) in [5, 5.41) is 3.03. The second-order valence-corrected chi connectivity index (χ2v) is 7.09. The van der Waals surface area contributed by atoms with Crippen LogP contribution in [0.15, 0.2) is 42.5 Å². The van der Waals surface area contributed by atoms with Gasteiger partial charge in [0.1, 0.15) is 0 Å². The summed E-state index contributed by atoms with van der Waals surface area (Å²) in [6.07, 6.45) is 2.54. The Bertz CT molecular complexity index is 748. The monoisotopic (exact) mass is 351 g/mol. The Morgan fingerprint density at radius 1 is 1.08 bits per heavy atom. The Hall–Kier alpha value is -2.49. The molecule has 0 unspecified atom stereocenters. The first-order valence-corrected chi connectivity index (χ1v) is 9.54. The van der Waals surface area contributed by atoms with Crippen LogP contribution >= 0.6 is 0 Å². The number of carbonyl (C=O) groups is 1. The molecule has 2 aromatic carbocycles. The van der Waals surface area contributed by atoms with E-state index >= 15 is 0 Å². The number of rotatable bonds is 6. The third-order valence-corrected chi connectivity index (χ3v) is 5.03. The minimum atomic E-state index is 0.0146. The number of carbonyl (C=O) groups excluding carboxylic acids is 1. The van der Waals surface area contributed by atoms with Crippen molar-refractivity contribution in [2.45, 2.75) is 33.6 Å². The predicted molar refractivity (Wildman–Crippen MR) is 110 cm³/mol. The molecule has 1 N–H and O–H groups in total. The van der Waals surface area contributed by atoms with Gasteiger partial charge >= 0.3 is 0 Å². The van der Waals surface area contributed by atoms with Crippen LogP contribution in [0.2, 0.25) is 0 Å². The Morgan fingerprint density at radius 2 is 1.77 bits per heavy atom. The van der Waals surface area contributed by atoms with Gasteiger partial charge in [0.2, 0.25) is 5.91 Å². The average molecular weight is 351 g/mol. The van der Waals surface area contributed by atoms with Gasteiger partial charge in [-0.1, -0.05) is 17.7 Å². The van der Waals surface area contributed by atoms with Crippen molar-refractivity contribution in [3.05, 3.63) is 53.6 Å². The first-order chi connectivity index (χ1) is 12.6.